The van der Waals surface area contributed by atoms with Crippen LogP contribution in [0.2, 0.25) is 0 Å². The van der Waals surface area contributed by atoms with Crippen molar-refractivity contribution in [2.75, 3.05) is 19.7 Å². The molecule has 0 aliphatic rings. The van der Waals surface area contributed by atoms with Gasteiger partial charge in [0, 0.05) is 13.0 Å². The number of nitrogens with one attached hydrogen (secondary N) is 1. The molecular weight excluding hydrogens is 390 g/mol. The monoisotopic (exact) mass is 425 g/mol. The number of rotatable bonds is 12. The molecule has 0 amide bonds. The molecule has 2 rings (SSSR count). The minimum Gasteiger partial charge on any atom is -0.489 e. The lowest BCUT2D eigenvalue weighted by molar-refractivity contribution is -0.159. The summed E-state index contributed by atoms with van der Waals surface area (Å²) in [5.41, 5.74) is 1.10. The standard InChI is InChI=1S/C26H35NO4/c1-5-17-27-18-21(31-25(29)26(2,3)4)19-30-24-14-10-9-13-22(24)23(28)16-15-20-11-7-6-8-12-20/h6-14,21,27H,5,15-19H2,1-4H3. The minimum absolute atomic E-state index is 0.0341. The van der Waals surface area contributed by atoms with Gasteiger partial charge in [-0.05, 0) is 57.9 Å². The maximum atomic E-state index is 12.8. The first-order chi connectivity index (χ1) is 14.8. The summed E-state index contributed by atoms with van der Waals surface area (Å²) in [6.07, 6.45) is 1.64. The van der Waals surface area contributed by atoms with E-state index in [2.05, 4.69) is 12.2 Å². The summed E-state index contributed by atoms with van der Waals surface area (Å²) in [5.74, 6) is 0.284. The number of para-hydroxylation sites is 1. The number of ketones is 1. The molecule has 0 aromatic heterocycles. The van der Waals surface area contributed by atoms with Crippen molar-refractivity contribution >= 4 is 11.8 Å². The van der Waals surface area contributed by atoms with Crippen LogP contribution >= 0.6 is 0 Å². The van der Waals surface area contributed by atoms with Crippen molar-refractivity contribution in [1.29, 1.82) is 0 Å². The molecule has 0 bridgehead atoms. The van der Waals surface area contributed by atoms with Gasteiger partial charge in [-0.25, -0.2) is 0 Å². The van der Waals surface area contributed by atoms with E-state index in [1.54, 1.807) is 12.1 Å². The third-order valence-corrected chi connectivity index (χ3v) is 4.78. The van der Waals surface area contributed by atoms with Gasteiger partial charge in [-0.15, -0.1) is 0 Å². The van der Waals surface area contributed by atoms with E-state index in [4.69, 9.17) is 9.47 Å². The van der Waals surface area contributed by atoms with Crippen LogP contribution in [0.25, 0.3) is 0 Å². The highest BCUT2D eigenvalue weighted by atomic mass is 16.6. The number of esters is 1. The van der Waals surface area contributed by atoms with Crippen molar-refractivity contribution in [2.45, 2.75) is 53.1 Å². The highest BCUT2D eigenvalue weighted by Gasteiger charge is 2.27. The number of ether oxygens (including phenoxy) is 2. The van der Waals surface area contributed by atoms with Gasteiger partial charge in [0.2, 0.25) is 0 Å². The van der Waals surface area contributed by atoms with Gasteiger partial charge < -0.3 is 14.8 Å². The zero-order valence-electron chi connectivity index (χ0n) is 19.1. The van der Waals surface area contributed by atoms with Crippen LogP contribution in [-0.2, 0) is 16.0 Å². The Morgan fingerprint density at radius 3 is 2.35 bits per heavy atom. The van der Waals surface area contributed by atoms with Gasteiger partial charge in [-0.1, -0.05) is 49.4 Å². The SMILES string of the molecule is CCCNCC(COc1ccccc1C(=O)CCc1ccccc1)OC(=O)C(C)(C)C. The first-order valence-electron chi connectivity index (χ1n) is 11.0. The molecule has 5 heteroatoms. The van der Waals surface area contributed by atoms with Crippen molar-refractivity contribution in [2.24, 2.45) is 5.41 Å². The van der Waals surface area contributed by atoms with Crippen molar-refractivity contribution in [3.63, 3.8) is 0 Å². The average molecular weight is 426 g/mol. The largest absolute Gasteiger partial charge is 0.489 e. The van der Waals surface area contributed by atoms with E-state index < -0.39 is 11.5 Å². The van der Waals surface area contributed by atoms with Gasteiger partial charge in [-0.3, -0.25) is 9.59 Å². The molecule has 0 fully saturated rings. The highest BCUT2D eigenvalue weighted by Crippen LogP contribution is 2.22. The molecule has 1 N–H and O–H groups in total. The van der Waals surface area contributed by atoms with Crippen LogP contribution in [0.5, 0.6) is 5.75 Å². The summed E-state index contributed by atoms with van der Waals surface area (Å²) in [5, 5.41) is 3.28. The number of aryl methyl sites for hydroxylation is 1. The number of benzene rings is 2. The minimum atomic E-state index is -0.589. The predicted octanol–water partition coefficient (Wildman–Crippen LogP) is 4.84. The molecule has 1 atom stereocenters. The fourth-order valence-electron chi connectivity index (χ4n) is 2.95. The molecule has 5 nitrogen and oxygen atoms in total. The number of hydrogen-bond acceptors (Lipinski definition) is 5. The molecule has 31 heavy (non-hydrogen) atoms. The van der Waals surface area contributed by atoms with Crippen LogP contribution in [0, 0.1) is 5.41 Å². The van der Waals surface area contributed by atoms with Gasteiger partial charge in [0.05, 0.1) is 11.0 Å². The lowest BCUT2D eigenvalue weighted by Crippen LogP contribution is -2.38. The highest BCUT2D eigenvalue weighted by molar-refractivity contribution is 5.98. The molecule has 0 radical (unpaired) electrons. The molecule has 0 saturated heterocycles. The molecule has 168 valence electrons. The number of Topliss-reactive ketones (excluding diaryl/α,β-unsaturated/α-hetero) is 1. The molecule has 0 saturated carbocycles. The smallest absolute Gasteiger partial charge is 0.311 e. The molecule has 1 unspecified atom stereocenters. The van der Waals surface area contributed by atoms with Crippen molar-refractivity contribution in [3.8, 4) is 5.75 Å². The van der Waals surface area contributed by atoms with Crippen molar-refractivity contribution in [1.82, 2.24) is 5.32 Å². The zero-order chi connectivity index (χ0) is 22.7. The lowest BCUT2D eigenvalue weighted by Gasteiger charge is -2.24. The third-order valence-electron chi connectivity index (χ3n) is 4.78. The third kappa shape index (κ3) is 8.54. The van der Waals surface area contributed by atoms with E-state index in [1.807, 2.05) is 63.2 Å². The van der Waals surface area contributed by atoms with Crippen molar-refractivity contribution < 1.29 is 19.1 Å². The quantitative estimate of drug-likeness (QED) is 0.299. The Morgan fingerprint density at radius 1 is 1.00 bits per heavy atom. The first kappa shape index (κ1) is 24.6. The van der Waals surface area contributed by atoms with Gasteiger partial charge in [0.25, 0.3) is 0 Å². The molecule has 2 aromatic rings. The summed E-state index contributed by atoms with van der Waals surface area (Å²) in [6.45, 7) is 9.07. The van der Waals surface area contributed by atoms with E-state index in [9.17, 15) is 9.59 Å². The fraction of sp³-hybridized carbons (Fsp3) is 0.462. The lowest BCUT2D eigenvalue weighted by atomic mass is 9.97. The second-order valence-corrected chi connectivity index (χ2v) is 8.70. The molecule has 0 aliphatic carbocycles. The second-order valence-electron chi connectivity index (χ2n) is 8.70. The first-order valence-corrected chi connectivity index (χ1v) is 11.0. The summed E-state index contributed by atoms with van der Waals surface area (Å²) in [7, 11) is 0. The van der Waals surface area contributed by atoms with E-state index in [-0.39, 0.29) is 18.4 Å². The summed E-state index contributed by atoms with van der Waals surface area (Å²) >= 11 is 0. The van der Waals surface area contributed by atoms with Crippen molar-refractivity contribution in [3.05, 3.63) is 65.7 Å². The topological polar surface area (TPSA) is 64.6 Å². The zero-order valence-corrected chi connectivity index (χ0v) is 19.1. The van der Waals surface area contributed by atoms with Gasteiger partial charge in [0.1, 0.15) is 18.5 Å². The molecule has 0 heterocycles. The van der Waals surface area contributed by atoms with Crippen LogP contribution < -0.4 is 10.1 Å². The number of carbonyl (C=O) groups is 2. The Morgan fingerprint density at radius 2 is 1.68 bits per heavy atom. The normalized spacial score (nSPS) is 12.3. The molecule has 0 spiro atoms. The van der Waals surface area contributed by atoms with Crippen LogP contribution in [0.1, 0.15) is 56.5 Å². The van der Waals surface area contributed by atoms with Gasteiger partial charge in [-0.2, -0.15) is 0 Å². The summed E-state index contributed by atoms with van der Waals surface area (Å²) in [6, 6.07) is 17.2. The fourth-order valence-corrected chi connectivity index (χ4v) is 2.95. The summed E-state index contributed by atoms with van der Waals surface area (Å²) in [4.78, 5) is 25.2. The molecule has 2 aromatic carbocycles. The number of hydrogen-bond donors (Lipinski definition) is 1. The summed E-state index contributed by atoms with van der Waals surface area (Å²) < 4.78 is 11.7. The van der Waals surface area contributed by atoms with Crippen LogP contribution in [-0.4, -0.2) is 37.6 Å². The maximum absolute atomic E-state index is 12.8. The Labute approximate surface area is 186 Å². The van der Waals surface area contributed by atoms with Crippen LogP contribution in [0.4, 0.5) is 0 Å². The average Bonchev–Trinajstić information content (AvgIpc) is 2.76. The maximum Gasteiger partial charge on any atom is 0.311 e. The Hall–Kier alpha value is -2.66. The van der Waals surface area contributed by atoms with Crippen LogP contribution in [0.3, 0.4) is 0 Å². The van der Waals surface area contributed by atoms with E-state index >= 15 is 0 Å². The number of carbonyl (C=O) groups excluding carboxylic acids is 2. The molecular formula is C26H35NO4. The second kappa shape index (κ2) is 12.3. The van der Waals surface area contributed by atoms with E-state index in [0.717, 1.165) is 18.5 Å². The van der Waals surface area contributed by atoms with Gasteiger partial charge in [0.15, 0.2) is 5.78 Å². The van der Waals surface area contributed by atoms with Gasteiger partial charge >= 0.3 is 5.97 Å². The molecule has 0 aliphatic heterocycles. The Bertz CT molecular complexity index is 827. The van der Waals surface area contributed by atoms with E-state index in [1.165, 1.54) is 0 Å². The Balaban J connectivity index is 2.02. The predicted molar refractivity (Wildman–Crippen MR) is 124 cm³/mol. The van der Waals surface area contributed by atoms with Crippen LogP contribution in [0.15, 0.2) is 54.6 Å². The van der Waals surface area contributed by atoms with E-state index in [0.29, 0.717) is 30.7 Å². The Kier molecular flexibility index (Phi) is 9.73.